The van der Waals surface area contributed by atoms with Gasteiger partial charge in [0.2, 0.25) is 0 Å². The van der Waals surface area contributed by atoms with Gasteiger partial charge in [0.05, 0.1) is 0 Å². The molecule has 0 radical (unpaired) electrons. The molecule has 3 aromatic carbocycles. The van der Waals surface area contributed by atoms with Gasteiger partial charge in [-0.2, -0.15) is 0 Å². The molecule has 0 aromatic heterocycles. The Morgan fingerprint density at radius 1 is 0.630 bits per heavy atom. The molecule has 0 aliphatic rings. The Kier molecular flexibility index (Phi) is 5.32. The van der Waals surface area contributed by atoms with Crippen LogP contribution in [-0.4, -0.2) is 0 Å². The first-order chi connectivity index (χ1) is 12.8. The highest BCUT2D eigenvalue weighted by Crippen LogP contribution is 2.28. The summed E-state index contributed by atoms with van der Waals surface area (Å²) in [6.07, 6.45) is 0. The SMILES string of the molecule is C=C(OC(=C)c1ccc(C(C)(C)C)cc1)c1ccc(-c2ccccc2)cc1. The van der Waals surface area contributed by atoms with E-state index >= 15 is 0 Å². The minimum absolute atomic E-state index is 0.130. The molecule has 1 nitrogen and oxygen atoms in total. The number of ether oxygens (including phenoxy) is 1. The van der Waals surface area contributed by atoms with Crippen LogP contribution in [0.5, 0.6) is 0 Å². The maximum absolute atomic E-state index is 5.90. The van der Waals surface area contributed by atoms with Crippen LogP contribution in [0, 0.1) is 0 Å². The number of hydrogen-bond acceptors (Lipinski definition) is 1. The highest BCUT2D eigenvalue weighted by atomic mass is 16.5. The molecule has 0 aliphatic carbocycles. The minimum Gasteiger partial charge on any atom is -0.457 e. The van der Waals surface area contributed by atoms with Crippen LogP contribution in [0.1, 0.15) is 37.5 Å². The largest absolute Gasteiger partial charge is 0.457 e. The van der Waals surface area contributed by atoms with Crippen LogP contribution in [0.25, 0.3) is 22.6 Å². The van der Waals surface area contributed by atoms with Crippen LogP contribution in [0.15, 0.2) is 92.0 Å². The first-order valence-electron chi connectivity index (χ1n) is 9.17. The van der Waals surface area contributed by atoms with Crippen LogP contribution >= 0.6 is 0 Å². The van der Waals surface area contributed by atoms with Gasteiger partial charge in [0.15, 0.2) is 0 Å². The number of rotatable bonds is 5. The summed E-state index contributed by atoms with van der Waals surface area (Å²) in [5.74, 6) is 1.20. The van der Waals surface area contributed by atoms with Crippen molar-refractivity contribution in [2.24, 2.45) is 0 Å². The van der Waals surface area contributed by atoms with E-state index in [4.69, 9.17) is 4.74 Å². The van der Waals surface area contributed by atoms with E-state index in [0.29, 0.717) is 11.5 Å². The van der Waals surface area contributed by atoms with Crippen LogP contribution in [-0.2, 0) is 10.2 Å². The highest BCUT2D eigenvalue weighted by molar-refractivity contribution is 5.70. The van der Waals surface area contributed by atoms with Crippen LogP contribution in [0.4, 0.5) is 0 Å². The van der Waals surface area contributed by atoms with Crippen molar-refractivity contribution in [3.05, 3.63) is 109 Å². The van der Waals surface area contributed by atoms with Crippen molar-refractivity contribution >= 4 is 11.5 Å². The van der Waals surface area contributed by atoms with Crippen molar-refractivity contribution in [3.63, 3.8) is 0 Å². The summed E-state index contributed by atoms with van der Waals surface area (Å²) < 4.78 is 5.90. The fourth-order valence-corrected chi connectivity index (χ4v) is 2.90. The molecule has 136 valence electrons. The summed E-state index contributed by atoms with van der Waals surface area (Å²) in [4.78, 5) is 0. The molecule has 0 fully saturated rings. The molecule has 27 heavy (non-hydrogen) atoms. The van der Waals surface area contributed by atoms with Gasteiger partial charge in [-0.25, -0.2) is 0 Å². The molecule has 0 heterocycles. The molecule has 0 spiro atoms. The first-order valence-corrected chi connectivity index (χ1v) is 9.17. The van der Waals surface area contributed by atoms with Gasteiger partial charge in [0, 0.05) is 11.1 Å². The maximum atomic E-state index is 5.90. The second-order valence-corrected chi connectivity index (χ2v) is 7.72. The third kappa shape index (κ3) is 4.57. The van der Waals surface area contributed by atoms with E-state index < -0.39 is 0 Å². The molecule has 3 aromatic rings. The fraction of sp³-hybridized carbons (Fsp3) is 0.154. The summed E-state index contributed by atoms with van der Waals surface area (Å²) in [6.45, 7) is 14.7. The predicted molar refractivity (Wildman–Crippen MR) is 116 cm³/mol. The fourth-order valence-electron chi connectivity index (χ4n) is 2.90. The van der Waals surface area contributed by atoms with Gasteiger partial charge >= 0.3 is 0 Å². The number of hydrogen-bond donors (Lipinski definition) is 0. The third-order valence-electron chi connectivity index (χ3n) is 4.63. The lowest BCUT2D eigenvalue weighted by Crippen LogP contribution is -2.10. The zero-order valence-electron chi connectivity index (χ0n) is 16.3. The Labute approximate surface area is 162 Å². The molecule has 0 atom stereocenters. The third-order valence-corrected chi connectivity index (χ3v) is 4.63. The Morgan fingerprint density at radius 3 is 1.56 bits per heavy atom. The van der Waals surface area contributed by atoms with Gasteiger partial charge in [0.1, 0.15) is 11.5 Å². The molecule has 0 saturated carbocycles. The summed E-state index contributed by atoms with van der Waals surface area (Å²) in [5.41, 5.74) is 5.69. The molecular weight excluding hydrogens is 328 g/mol. The van der Waals surface area contributed by atoms with E-state index in [9.17, 15) is 0 Å². The van der Waals surface area contributed by atoms with Crippen molar-refractivity contribution in [3.8, 4) is 11.1 Å². The predicted octanol–water partition coefficient (Wildman–Crippen LogP) is 7.31. The lowest BCUT2D eigenvalue weighted by molar-refractivity contribution is 0.474. The van der Waals surface area contributed by atoms with Crippen molar-refractivity contribution in [1.29, 1.82) is 0 Å². The lowest BCUT2D eigenvalue weighted by Gasteiger charge is -2.19. The number of benzene rings is 3. The molecule has 0 aliphatic heterocycles. The summed E-state index contributed by atoms with van der Waals surface area (Å²) in [7, 11) is 0. The van der Waals surface area contributed by atoms with Crippen LogP contribution < -0.4 is 0 Å². The maximum Gasteiger partial charge on any atom is 0.127 e. The molecule has 0 amide bonds. The average Bonchev–Trinajstić information content (AvgIpc) is 2.68. The van der Waals surface area contributed by atoms with Crippen molar-refractivity contribution in [2.45, 2.75) is 26.2 Å². The average molecular weight is 354 g/mol. The van der Waals surface area contributed by atoms with Crippen molar-refractivity contribution in [2.75, 3.05) is 0 Å². The van der Waals surface area contributed by atoms with Crippen LogP contribution in [0.2, 0.25) is 0 Å². The Morgan fingerprint density at radius 2 is 1.07 bits per heavy atom. The second-order valence-electron chi connectivity index (χ2n) is 7.72. The topological polar surface area (TPSA) is 9.23 Å². The van der Waals surface area contributed by atoms with Gasteiger partial charge in [-0.1, -0.05) is 113 Å². The summed E-state index contributed by atoms with van der Waals surface area (Å²) in [5, 5.41) is 0. The Hall–Kier alpha value is -3.06. The highest BCUT2D eigenvalue weighted by Gasteiger charge is 2.14. The summed E-state index contributed by atoms with van der Waals surface area (Å²) >= 11 is 0. The van der Waals surface area contributed by atoms with E-state index in [0.717, 1.165) is 11.1 Å². The minimum atomic E-state index is 0.130. The van der Waals surface area contributed by atoms with E-state index in [1.165, 1.54) is 16.7 Å². The standard InChI is InChI=1S/C26H26O/c1-19(21-11-13-24(14-12-21)23-9-7-6-8-10-23)27-20(2)22-15-17-25(18-16-22)26(3,4)5/h6-18H,1-2H2,3-5H3. The Balaban J connectivity index is 1.69. The normalized spacial score (nSPS) is 11.1. The summed E-state index contributed by atoms with van der Waals surface area (Å²) in [6, 6.07) is 26.9. The second kappa shape index (κ2) is 7.67. The zero-order valence-corrected chi connectivity index (χ0v) is 16.3. The van der Waals surface area contributed by atoms with E-state index in [1.807, 2.05) is 30.3 Å². The molecule has 0 N–H and O–H groups in total. The van der Waals surface area contributed by atoms with E-state index in [1.54, 1.807) is 0 Å². The smallest absolute Gasteiger partial charge is 0.127 e. The molecule has 0 unspecified atom stereocenters. The molecule has 0 saturated heterocycles. The van der Waals surface area contributed by atoms with Crippen molar-refractivity contribution in [1.82, 2.24) is 0 Å². The zero-order chi connectivity index (χ0) is 19.4. The van der Waals surface area contributed by atoms with Gasteiger partial charge in [-0.15, -0.1) is 0 Å². The molecule has 0 bridgehead atoms. The molecular formula is C26H26O. The van der Waals surface area contributed by atoms with Gasteiger partial charge in [-0.3, -0.25) is 0 Å². The van der Waals surface area contributed by atoms with E-state index in [-0.39, 0.29) is 5.41 Å². The van der Waals surface area contributed by atoms with Crippen LogP contribution in [0.3, 0.4) is 0 Å². The van der Waals surface area contributed by atoms with Gasteiger partial charge in [0.25, 0.3) is 0 Å². The first kappa shape index (κ1) is 18.7. The Bertz CT molecular complexity index is 924. The monoisotopic (exact) mass is 354 g/mol. The van der Waals surface area contributed by atoms with Crippen molar-refractivity contribution < 1.29 is 4.74 Å². The van der Waals surface area contributed by atoms with Gasteiger partial charge < -0.3 is 4.74 Å². The quantitative estimate of drug-likeness (QED) is 0.436. The molecule has 3 rings (SSSR count). The molecule has 1 heteroatoms. The van der Waals surface area contributed by atoms with E-state index in [2.05, 4.69) is 82.5 Å². The van der Waals surface area contributed by atoms with Gasteiger partial charge in [-0.05, 0) is 22.1 Å². The lowest BCUT2D eigenvalue weighted by atomic mass is 9.86.